The molecule has 12 heteroatoms. The number of nitrogens with zero attached hydrogens (tertiary/aromatic N) is 4. The number of ether oxygens (including phenoxy) is 1. The van der Waals surface area contributed by atoms with Crippen LogP contribution >= 0.6 is 0 Å². The average Bonchev–Trinajstić information content (AvgIpc) is 3.73. The van der Waals surface area contributed by atoms with Gasteiger partial charge in [0.15, 0.2) is 0 Å². The lowest BCUT2D eigenvalue weighted by molar-refractivity contribution is -0.136. The number of rotatable bonds is 8. The number of aromatic amines is 2. The van der Waals surface area contributed by atoms with Crippen molar-refractivity contribution in [3.05, 3.63) is 84.7 Å². The number of fused-ring (bicyclic) bond motifs is 3. The van der Waals surface area contributed by atoms with Gasteiger partial charge in [0, 0.05) is 23.4 Å². The zero-order chi connectivity index (χ0) is 39.3. The predicted octanol–water partition coefficient (Wildman–Crippen LogP) is 8.56. The fourth-order valence-electron chi connectivity index (χ4n) is 9.97. The van der Waals surface area contributed by atoms with Gasteiger partial charge < -0.3 is 30.0 Å². The van der Waals surface area contributed by atoms with E-state index in [1.165, 1.54) is 7.11 Å². The van der Waals surface area contributed by atoms with E-state index in [4.69, 9.17) is 14.7 Å². The zero-order valence-electron chi connectivity index (χ0n) is 32.7. The fourth-order valence-corrected chi connectivity index (χ4v) is 9.97. The average molecular weight is 756 g/mol. The maximum Gasteiger partial charge on any atom is 0.408 e. The summed E-state index contributed by atoms with van der Waals surface area (Å²) >= 11 is 0. The lowest BCUT2D eigenvalue weighted by atomic mass is 9.82. The first-order chi connectivity index (χ1) is 26.8. The van der Waals surface area contributed by atoms with E-state index in [-0.39, 0.29) is 40.9 Å². The minimum Gasteiger partial charge on any atom is -0.465 e. The number of nitrogens with one attached hydrogen (secondary N) is 3. The van der Waals surface area contributed by atoms with Crippen molar-refractivity contribution in [2.75, 3.05) is 7.11 Å². The summed E-state index contributed by atoms with van der Waals surface area (Å²) in [4.78, 5) is 58.4. The number of likely N-dealkylation sites (tertiary alicyclic amines) is 2. The van der Waals surface area contributed by atoms with Crippen LogP contribution in [0.4, 0.5) is 9.59 Å². The number of benzene rings is 3. The molecule has 4 heterocycles. The zero-order valence-corrected chi connectivity index (χ0v) is 32.7. The van der Waals surface area contributed by atoms with Crippen LogP contribution in [0, 0.1) is 23.2 Å². The summed E-state index contributed by atoms with van der Waals surface area (Å²) in [6.07, 6.45) is 5.78. The van der Waals surface area contributed by atoms with E-state index < -0.39 is 18.2 Å². The predicted molar refractivity (Wildman–Crippen MR) is 212 cm³/mol. The van der Waals surface area contributed by atoms with Crippen molar-refractivity contribution in [1.82, 2.24) is 35.1 Å². The number of carbonyl (C=O) groups is 3. The molecule has 2 aliphatic heterocycles. The van der Waals surface area contributed by atoms with Crippen molar-refractivity contribution in [1.29, 1.82) is 0 Å². The molecule has 2 aromatic heterocycles. The largest absolute Gasteiger partial charge is 0.465 e. The van der Waals surface area contributed by atoms with Gasteiger partial charge in [-0.25, -0.2) is 19.6 Å². The molecular formula is C44H49N7O5. The van der Waals surface area contributed by atoms with Crippen LogP contribution in [0.15, 0.2) is 73.1 Å². The van der Waals surface area contributed by atoms with Crippen molar-refractivity contribution < 1.29 is 24.2 Å². The van der Waals surface area contributed by atoms with Crippen LogP contribution in [-0.4, -0.2) is 77.7 Å². The minimum absolute atomic E-state index is 0.0924. The summed E-state index contributed by atoms with van der Waals surface area (Å²) in [5.74, 6) is 2.10. The van der Waals surface area contributed by atoms with Gasteiger partial charge in [0.1, 0.15) is 17.7 Å². The molecule has 4 aliphatic rings. The van der Waals surface area contributed by atoms with E-state index in [1.54, 1.807) is 4.90 Å². The first-order valence-electron chi connectivity index (χ1n) is 19.7. The van der Waals surface area contributed by atoms with Gasteiger partial charge in [-0.05, 0) is 82.9 Å². The van der Waals surface area contributed by atoms with Crippen molar-refractivity contribution in [3.63, 3.8) is 0 Å². The number of hydrogen-bond acceptors (Lipinski definition) is 6. The smallest absolute Gasteiger partial charge is 0.408 e. The molecule has 12 nitrogen and oxygen atoms in total. The molecule has 3 aromatic carbocycles. The van der Waals surface area contributed by atoms with Crippen molar-refractivity contribution >= 4 is 28.9 Å². The Bertz CT molecular complexity index is 2360. The molecule has 2 aliphatic carbocycles. The van der Waals surface area contributed by atoms with E-state index in [0.717, 1.165) is 75.9 Å². The van der Waals surface area contributed by atoms with Gasteiger partial charge in [0.25, 0.3) is 0 Å². The van der Waals surface area contributed by atoms with Crippen LogP contribution in [0.1, 0.15) is 84.0 Å². The highest BCUT2D eigenvalue weighted by molar-refractivity contribution is 5.91. The van der Waals surface area contributed by atoms with E-state index in [0.29, 0.717) is 17.7 Å². The number of hydrogen-bond donors (Lipinski definition) is 4. The Morgan fingerprint density at radius 3 is 2.27 bits per heavy atom. The molecule has 0 bridgehead atoms. The normalized spacial score (nSPS) is 25.6. The topological polar surface area (TPSA) is 157 Å². The Hall–Kier alpha value is -5.65. The molecule has 2 saturated carbocycles. The van der Waals surface area contributed by atoms with Gasteiger partial charge in [-0.3, -0.25) is 9.69 Å². The second-order valence-electron chi connectivity index (χ2n) is 17.6. The Kier molecular flexibility index (Phi) is 8.33. The number of amides is 3. The standard InChI is InChI=1S/C44H49N7O5/c1-23(2)37(49-41(53)56-6)40(52)50-34-17-30(34)18-35(50)38-45-21-32(47-38)25-9-7-24(8-10-25)26-11-12-28-16-29(14-13-27(28)15-26)33-22-46-39(48-33)36-19-31-20-44(31,43(3,4)5)51(36)42(54)55/h7-16,21-23,30-31,34-37H,17-20H2,1-6H3,(H,45,47)(H,46,48)(H,49,53)(H,54,55)/t30-,31-,34-,35+,36+,37+,44-/m1/s1. The van der Waals surface area contributed by atoms with E-state index >= 15 is 0 Å². The Morgan fingerprint density at radius 2 is 1.59 bits per heavy atom. The molecule has 3 amide bonds. The molecule has 0 spiro atoms. The maximum atomic E-state index is 13.8. The van der Waals surface area contributed by atoms with Crippen LogP contribution in [-0.2, 0) is 9.53 Å². The highest BCUT2D eigenvalue weighted by atomic mass is 16.5. The van der Waals surface area contributed by atoms with Crippen LogP contribution in [0.3, 0.4) is 0 Å². The summed E-state index contributed by atoms with van der Waals surface area (Å²) in [5.41, 5.74) is 5.38. The third-order valence-electron chi connectivity index (χ3n) is 13.1. The van der Waals surface area contributed by atoms with Crippen molar-refractivity contribution in [2.24, 2.45) is 23.2 Å². The molecule has 5 aromatic rings. The molecular weight excluding hydrogens is 707 g/mol. The lowest BCUT2D eigenvalue weighted by Crippen LogP contribution is -2.52. The SMILES string of the molecule is COC(=O)N[C@H](C(=O)N1[C@@H]2C[C@@H]2C[C@H]1c1nc(-c2ccc(-c3ccc4cc(-c5cnc([C@@H]6C[C@@H]7C[C@@]7(C(C)(C)C)N6C(=O)O)[nH]5)ccc4c3)cc2)c[nH]1)C(C)C. The highest BCUT2D eigenvalue weighted by Crippen LogP contribution is 2.68. The third-order valence-corrected chi connectivity index (χ3v) is 13.1. The van der Waals surface area contributed by atoms with Crippen LogP contribution < -0.4 is 5.32 Å². The fraction of sp³-hybridized carbons (Fsp3) is 0.432. The monoisotopic (exact) mass is 755 g/mol. The van der Waals surface area contributed by atoms with E-state index in [1.807, 2.05) is 31.1 Å². The molecule has 290 valence electrons. The molecule has 56 heavy (non-hydrogen) atoms. The Morgan fingerprint density at radius 1 is 0.911 bits per heavy atom. The molecule has 4 N–H and O–H groups in total. The van der Waals surface area contributed by atoms with Crippen molar-refractivity contribution in [3.8, 4) is 33.6 Å². The molecule has 9 rings (SSSR count). The van der Waals surface area contributed by atoms with Gasteiger partial charge in [0.05, 0.1) is 42.3 Å². The Balaban J connectivity index is 0.895. The van der Waals surface area contributed by atoms with Crippen LogP contribution in [0.25, 0.3) is 44.4 Å². The van der Waals surface area contributed by atoms with Gasteiger partial charge in [-0.1, -0.05) is 83.1 Å². The molecule has 7 atom stereocenters. The summed E-state index contributed by atoms with van der Waals surface area (Å²) in [6.45, 7) is 10.3. The number of alkyl carbamates (subject to hydrolysis) is 1. The number of piperidine rings is 2. The van der Waals surface area contributed by atoms with Crippen molar-refractivity contribution in [2.45, 2.75) is 90.0 Å². The minimum atomic E-state index is -0.876. The van der Waals surface area contributed by atoms with Gasteiger partial charge in [-0.2, -0.15) is 0 Å². The number of carboxylic acid groups (broad SMARTS) is 1. The number of methoxy groups -OCH3 is 1. The molecule has 4 fully saturated rings. The molecule has 0 unspecified atom stereocenters. The van der Waals surface area contributed by atoms with Crippen LogP contribution in [0.5, 0.6) is 0 Å². The van der Waals surface area contributed by atoms with Crippen LogP contribution in [0.2, 0.25) is 0 Å². The molecule has 0 radical (unpaired) electrons. The summed E-state index contributed by atoms with van der Waals surface area (Å²) < 4.78 is 4.80. The second kappa shape index (κ2) is 13.0. The third kappa shape index (κ3) is 5.83. The quantitative estimate of drug-likeness (QED) is 0.124. The first-order valence-corrected chi connectivity index (χ1v) is 19.7. The summed E-state index contributed by atoms with van der Waals surface area (Å²) in [5, 5.41) is 15.2. The number of H-pyrrole nitrogens is 2. The Labute approximate surface area is 326 Å². The van der Waals surface area contributed by atoms with E-state index in [9.17, 15) is 19.5 Å². The highest BCUT2D eigenvalue weighted by Gasteiger charge is 2.72. The number of imidazole rings is 2. The second-order valence-corrected chi connectivity index (χ2v) is 17.6. The first kappa shape index (κ1) is 36.0. The van der Waals surface area contributed by atoms with Gasteiger partial charge in [0.2, 0.25) is 5.91 Å². The number of aromatic nitrogens is 4. The van der Waals surface area contributed by atoms with Gasteiger partial charge >= 0.3 is 12.2 Å². The maximum absolute atomic E-state index is 13.8. The lowest BCUT2D eigenvalue weighted by Gasteiger charge is -2.39. The molecule has 2 saturated heterocycles. The summed E-state index contributed by atoms with van der Waals surface area (Å²) in [6, 6.07) is 20.2. The van der Waals surface area contributed by atoms with Gasteiger partial charge in [-0.15, -0.1) is 0 Å². The van der Waals surface area contributed by atoms with E-state index in [2.05, 4.69) is 96.7 Å². The summed E-state index contributed by atoms with van der Waals surface area (Å²) in [7, 11) is 1.30. The number of carbonyl (C=O) groups excluding carboxylic acids is 2.